The molecule has 0 spiro atoms. The van der Waals surface area contributed by atoms with E-state index >= 15 is 0 Å². The fourth-order valence-electron chi connectivity index (χ4n) is 2.62. The van der Waals surface area contributed by atoms with E-state index in [0.29, 0.717) is 5.92 Å². The zero-order valence-corrected chi connectivity index (χ0v) is 8.62. The second-order valence-electron chi connectivity index (χ2n) is 4.32. The van der Waals surface area contributed by atoms with Gasteiger partial charge in [0.15, 0.2) is 0 Å². The molecule has 0 unspecified atom stereocenters. The topological polar surface area (TPSA) is 58.1 Å². The predicted molar refractivity (Wildman–Crippen MR) is 56.5 cm³/mol. The molecule has 1 aromatic heterocycles. The number of nitrogens with one attached hydrogen (secondary N) is 1. The van der Waals surface area contributed by atoms with Crippen molar-refractivity contribution in [3.05, 3.63) is 26.5 Å². The molecular weight excluding hydrogens is 194 g/mol. The maximum atomic E-state index is 11.9. The van der Waals surface area contributed by atoms with E-state index in [1.807, 2.05) is 0 Å². The molecule has 1 N–H and O–H groups in total. The Balaban J connectivity index is 2.37. The van der Waals surface area contributed by atoms with Gasteiger partial charge in [-0.05, 0) is 12.8 Å². The van der Waals surface area contributed by atoms with Crippen LogP contribution < -0.4 is 16.1 Å². The molecule has 3 aliphatic heterocycles. The smallest absolute Gasteiger partial charge is 0.328 e. The quantitative estimate of drug-likeness (QED) is 0.639. The Bertz CT molecular complexity index is 520. The van der Waals surface area contributed by atoms with Crippen LogP contribution in [0, 0.1) is 0 Å². The molecule has 4 heterocycles. The highest BCUT2D eigenvalue weighted by molar-refractivity contribution is 5.54. The zero-order valence-electron chi connectivity index (χ0n) is 8.62. The number of hydrogen-bond acceptors (Lipinski definition) is 3. The van der Waals surface area contributed by atoms with Gasteiger partial charge in [0.05, 0.1) is 5.69 Å². The summed E-state index contributed by atoms with van der Waals surface area (Å²) in [6.45, 7) is 1.89. The van der Waals surface area contributed by atoms with Crippen LogP contribution in [-0.4, -0.2) is 22.6 Å². The Morgan fingerprint density at radius 2 is 1.93 bits per heavy atom. The maximum absolute atomic E-state index is 11.9. The monoisotopic (exact) mass is 207 g/mol. The van der Waals surface area contributed by atoms with Gasteiger partial charge < -0.3 is 9.88 Å². The highest BCUT2D eigenvalue weighted by Crippen LogP contribution is 2.37. The Morgan fingerprint density at radius 1 is 1.27 bits per heavy atom. The first kappa shape index (κ1) is 8.76. The summed E-state index contributed by atoms with van der Waals surface area (Å²) in [5.74, 6) is 0.381. The van der Waals surface area contributed by atoms with E-state index < -0.39 is 0 Å². The molecule has 0 atom stereocenters. The lowest BCUT2D eigenvalue weighted by molar-refractivity contribution is 0.454. The van der Waals surface area contributed by atoms with Crippen molar-refractivity contribution < 1.29 is 0 Å². The third kappa shape index (κ3) is 1.03. The molecule has 1 saturated heterocycles. The minimum atomic E-state index is -0.299. The molecule has 4 rings (SSSR count). The van der Waals surface area contributed by atoms with Crippen molar-refractivity contribution in [2.45, 2.75) is 18.8 Å². The molecule has 5 nitrogen and oxygen atoms in total. The van der Waals surface area contributed by atoms with Gasteiger partial charge in [-0.25, -0.2) is 4.79 Å². The second kappa shape index (κ2) is 2.74. The summed E-state index contributed by atoms with van der Waals surface area (Å²) in [5.41, 5.74) is 1.13. The van der Waals surface area contributed by atoms with Gasteiger partial charge in [0.2, 0.25) is 0 Å². The summed E-state index contributed by atoms with van der Waals surface area (Å²) < 4.78 is 1.15. The Hall–Kier alpha value is -1.52. The first-order valence-electron chi connectivity index (χ1n) is 5.26. The van der Waals surface area contributed by atoms with Crippen LogP contribution in [-0.2, 0) is 7.05 Å². The van der Waals surface area contributed by atoms with Crippen LogP contribution in [0.4, 0.5) is 5.69 Å². The highest BCUT2D eigenvalue weighted by atomic mass is 16.2. The van der Waals surface area contributed by atoms with E-state index in [4.69, 9.17) is 0 Å². The van der Waals surface area contributed by atoms with Gasteiger partial charge in [-0.2, -0.15) is 0 Å². The SMILES string of the molecule is Cn1c(=O)[nH]c2c(c1=O)N1CCC2CC1. The van der Waals surface area contributed by atoms with Crippen molar-refractivity contribution in [3.8, 4) is 0 Å². The van der Waals surface area contributed by atoms with Gasteiger partial charge in [-0.15, -0.1) is 0 Å². The van der Waals surface area contributed by atoms with Crippen molar-refractivity contribution in [2.75, 3.05) is 18.0 Å². The Morgan fingerprint density at radius 3 is 2.60 bits per heavy atom. The van der Waals surface area contributed by atoms with E-state index in [9.17, 15) is 9.59 Å². The van der Waals surface area contributed by atoms with E-state index in [0.717, 1.165) is 41.9 Å². The lowest BCUT2D eigenvalue weighted by Gasteiger charge is -2.40. The van der Waals surface area contributed by atoms with Crippen LogP contribution in [0.5, 0.6) is 0 Å². The van der Waals surface area contributed by atoms with Crippen molar-refractivity contribution in [1.82, 2.24) is 9.55 Å². The predicted octanol–water partition coefficient (Wildman–Crippen LogP) is -0.229. The minimum Gasteiger partial charge on any atom is -0.366 e. The number of aromatic nitrogens is 2. The molecule has 80 valence electrons. The molecular formula is C10H13N3O2. The molecule has 1 aromatic rings. The summed E-state index contributed by atoms with van der Waals surface area (Å²) in [5, 5.41) is 0. The zero-order chi connectivity index (χ0) is 10.6. The molecule has 1 fully saturated rings. The average molecular weight is 207 g/mol. The van der Waals surface area contributed by atoms with Crippen molar-refractivity contribution in [2.24, 2.45) is 7.05 Å². The van der Waals surface area contributed by atoms with Crippen LogP contribution in [0.25, 0.3) is 0 Å². The van der Waals surface area contributed by atoms with Crippen LogP contribution in [0.15, 0.2) is 9.59 Å². The largest absolute Gasteiger partial charge is 0.366 e. The van der Waals surface area contributed by atoms with Gasteiger partial charge in [0, 0.05) is 26.1 Å². The molecule has 5 heteroatoms. The summed E-state index contributed by atoms with van der Waals surface area (Å²) in [7, 11) is 1.52. The van der Waals surface area contributed by atoms with Crippen molar-refractivity contribution in [3.63, 3.8) is 0 Å². The second-order valence-corrected chi connectivity index (χ2v) is 4.32. The van der Waals surface area contributed by atoms with Crippen LogP contribution in [0.3, 0.4) is 0 Å². The first-order chi connectivity index (χ1) is 7.18. The van der Waals surface area contributed by atoms with E-state index in [2.05, 4.69) is 9.88 Å². The van der Waals surface area contributed by atoms with Gasteiger partial charge in [0.1, 0.15) is 5.69 Å². The van der Waals surface area contributed by atoms with Crippen molar-refractivity contribution in [1.29, 1.82) is 0 Å². The van der Waals surface area contributed by atoms with Crippen LogP contribution in [0.2, 0.25) is 0 Å². The van der Waals surface area contributed by atoms with Crippen molar-refractivity contribution >= 4 is 5.69 Å². The number of rotatable bonds is 0. The third-order valence-corrected chi connectivity index (χ3v) is 3.53. The van der Waals surface area contributed by atoms with E-state index in [1.54, 1.807) is 0 Å². The number of piperidine rings is 1. The number of fused-ring (bicyclic) bond motifs is 2. The first-order valence-corrected chi connectivity index (χ1v) is 5.26. The average Bonchev–Trinajstić information content (AvgIpc) is 2.27. The Labute approximate surface area is 86.3 Å². The molecule has 0 aromatic carbocycles. The number of H-pyrrole nitrogens is 1. The summed E-state index contributed by atoms with van der Waals surface area (Å²) in [6, 6.07) is 0. The normalized spacial score (nSPS) is 19.4. The molecule has 0 amide bonds. The number of aromatic amines is 1. The maximum Gasteiger partial charge on any atom is 0.328 e. The highest BCUT2D eigenvalue weighted by Gasteiger charge is 2.34. The fourth-order valence-corrected chi connectivity index (χ4v) is 2.62. The summed E-state index contributed by atoms with van der Waals surface area (Å²) >= 11 is 0. The Kier molecular flexibility index (Phi) is 1.60. The van der Waals surface area contributed by atoms with Gasteiger partial charge >= 0.3 is 5.69 Å². The number of nitrogens with zero attached hydrogens (tertiary/aromatic N) is 2. The molecule has 0 radical (unpaired) electrons. The number of hydrogen-bond donors (Lipinski definition) is 1. The number of anilines is 1. The summed E-state index contributed by atoms with van der Waals surface area (Å²) in [4.78, 5) is 28.3. The molecule has 0 saturated carbocycles. The van der Waals surface area contributed by atoms with Crippen LogP contribution in [0.1, 0.15) is 24.5 Å². The van der Waals surface area contributed by atoms with Gasteiger partial charge in [-0.1, -0.05) is 0 Å². The fraction of sp³-hybridized carbons (Fsp3) is 0.600. The standard InChI is InChI=1S/C10H13N3O2/c1-12-9(14)8-7(11-10(12)15)6-2-4-13(8)5-3-6/h6H,2-5H2,1H3,(H,11,15). The van der Waals surface area contributed by atoms with E-state index in [-0.39, 0.29) is 11.2 Å². The lowest BCUT2D eigenvalue weighted by atomic mass is 9.87. The minimum absolute atomic E-state index is 0.154. The lowest BCUT2D eigenvalue weighted by Crippen LogP contribution is -2.47. The molecule has 2 bridgehead atoms. The molecule has 0 aliphatic carbocycles. The third-order valence-electron chi connectivity index (χ3n) is 3.53. The molecule has 3 aliphatic rings. The summed E-state index contributed by atoms with van der Waals surface area (Å²) in [6.07, 6.45) is 2.10. The van der Waals surface area contributed by atoms with E-state index in [1.165, 1.54) is 7.05 Å². The van der Waals surface area contributed by atoms with Gasteiger partial charge in [-0.3, -0.25) is 9.36 Å². The molecule has 15 heavy (non-hydrogen) atoms. The van der Waals surface area contributed by atoms with Gasteiger partial charge in [0.25, 0.3) is 5.56 Å². The van der Waals surface area contributed by atoms with Crippen LogP contribution >= 0.6 is 0 Å².